The van der Waals surface area contributed by atoms with Crippen LogP contribution in [0.3, 0.4) is 0 Å². The molecule has 1 aliphatic rings. The van der Waals surface area contributed by atoms with Crippen molar-refractivity contribution in [3.63, 3.8) is 0 Å². The van der Waals surface area contributed by atoms with Gasteiger partial charge in [0.2, 0.25) is 0 Å². The van der Waals surface area contributed by atoms with Gasteiger partial charge in [-0.05, 0) is 37.1 Å². The highest BCUT2D eigenvalue weighted by Gasteiger charge is 2.11. The van der Waals surface area contributed by atoms with Crippen molar-refractivity contribution in [1.29, 1.82) is 0 Å². The first kappa shape index (κ1) is 15.8. The molecule has 5 heteroatoms. The van der Waals surface area contributed by atoms with Crippen LogP contribution in [0.4, 0.5) is 0 Å². The first-order valence-corrected chi connectivity index (χ1v) is 8.56. The first-order valence-electron chi connectivity index (χ1n) is 8.18. The lowest BCUT2D eigenvalue weighted by Gasteiger charge is -2.26. The maximum absolute atomic E-state index is 6.15. The molecule has 3 rings (SSSR count). The van der Waals surface area contributed by atoms with Crippen molar-refractivity contribution in [2.75, 3.05) is 39.3 Å². The highest BCUT2D eigenvalue weighted by Crippen LogP contribution is 2.25. The Balaban J connectivity index is 1.69. The van der Waals surface area contributed by atoms with E-state index in [2.05, 4.69) is 27.0 Å². The van der Waals surface area contributed by atoms with Crippen LogP contribution in [0.25, 0.3) is 10.9 Å². The van der Waals surface area contributed by atoms with E-state index >= 15 is 0 Å². The molecule has 4 nitrogen and oxygen atoms in total. The molecule has 3 N–H and O–H groups in total. The smallest absolute Gasteiger partial charge is 0.0498 e. The number of fused-ring (bicyclic) bond motifs is 1. The Hall–Kier alpha value is -1.07. The molecular formula is C17H25ClN4. The maximum Gasteiger partial charge on any atom is 0.0498 e. The number of nitrogens with zero attached hydrogens (tertiary/aromatic N) is 2. The average Bonchev–Trinajstić information content (AvgIpc) is 2.86. The Bertz CT molecular complexity index is 616. The second kappa shape index (κ2) is 7.47. The summed E-state index contributed by atoms with van der Waals surface area (Å²) in [6.45, 7) is 7.25. The van der Waals surface area contributed by atoms with Gasteiger partial charge in [-0.25, -0.2) is 0 Å². The van der Waals surface area contributed by atoms with E-state index < -0.39 is 0 Å². The number of piperazine rings is 1. The molecule has 0 amide bonds. The number of aryl methyl sites for hydroxylation is 1. The van der Waals surface area contributed by atoms with Crippen LogP contribution in [-0.2, 0) is 13.0 Å². The lowest BCUT2D eigenvalue weighted by molar-refractivity contribution is 0.238. The first-order chi connectivity index (χ1) is 10.8. The van der Waals surface area contributed by atoms with E-state index in [-0.39, 0.29) is 0 Å². The molecule has 0 spiro atoms. The Morgan fingerprint density at radius 3 is 2.77 bits per heavy atom. The molecular weight excluding hydrogens is 296 g/mol. The van der Waals surface area contributed by atoms with E-state index in [1.165, 1.54) is 42.5 Å². The molecule has 0 bridgehead atoms. The van der Waals surface area contributed by atoms with Crippen molar-refractivity contribution in [3.8, 4) is 0 Å². The van der Waals surface area contributed by atoms with E-state index in [1.807, 2.05) is 12.1 Å². The summed E-state index contributed by atoms with van der Waals surface area (Å²) in [4.78, 5) is 2.55. The van der Waals surface area contributed by atoms with Gasteiger partial charge in [-0.3, -0.25) is 0 Å². The standard InChI is InChI=1S/C17H25ClN4/c18-15-3-4-16-14(13-22(9-5-19)17(16)12-15)2-1-8-21-10-6-20-7-11-21/h3-4,12-13,20H,1-2,5-11,19H2. The highest BCUT2D eigenvalue weighted by atomic mass is 35.5. The normalized spacial score (nSPS) is 16.5. The molecule has 1 saturated heterocycles. The van der Waals surface area contributed by atoms with Gasteiger partial charge in [0.25, 0.3) is 0 Å². The van der Waals surface area contributed by atoms with Crippen LogP contribution in [0, 0.1) is 0 Å². The zero-order valence-electron chi connectivity index (χ0n) is 13.0. The van der Waals surface area contributed by atoms with Gasteiger partial charge in [0.05, 0.1) is 0 Å². The summed E-state index contributed by atoms with van der Waals surface area (Å²) >= 11 is 6.15. The van der Waals surface area contributed by atoms with Crippen LogP contribution in [0.2, 0.25) is 5.02 Å². The zero-order chi connectivity index (χ0) is 15.4. The van der Waals surface area contributed by atoms with Gasteiger partial charge in [-0.15, -0.1) is 0 Å². The Morgan fingerprint density at radius 1 is 1.18 bits per heavy atom. The number of nitrogens with one attached hydrogen (secondary N) is 1. The van der Waals surface area contributed by atoms with Crippen LogP contribution in [0.1, 0.15) is 12.0 Å². The lowest BCUT2D eigenvalue weighted by atomic mass is 10.1. The topological polar surface area (TPSA) is 46.2 Å². The summed E-state index contributed by atoms with van der Waals surface area (Å²) in [5, 5.41) is 5.51. The minimum atomic E-state index is 0.649. The fraction of sp³-hybridized carbons (Fsp3) is 0.529. The van der Waals surface area contributed by atoms with Crippen LogP contribution in [0.5, 0.6) is 0 Å². The van der Waals surface area contributed by atoms with Gasteiger partial charge < -0.3 is 20.5 Å². The fourth-order valence-electron chi connectivity index (χ4n) is 3.29. The van der Waals surface area contributed by atoms with Gasteiger partial charge in [0.1, 0.15) is 0 Å². The molecule has 0 atom stereocenters. The van der Waals surface area contributed by atoms with E-state index in [1.54, 1.807) is 0 Å². The maximum atomic E-state index is 6.15. The number of hydrogen-bond donors (Lipinski definition) is 2. The third-order valence-corrected chi connectivity index (χ3v) is 4.66. The number of hydrogen-bond acceptors (Lipinski definition) is 3. The second-order valence-electron chi connectivity index (χ2n) is 5.99. The molecule has 1 aromatic carbocycles. The highest BCUT2D eigenvalue weighted by molar-refractivity contribution is 6.31. The monoisotopic (exact) mass is 320 g/mol. The van der Waals surface area contributed by atoms with Crippen molar-refractivity contribution >= 4 is 22.5 Å². The van der Waals surface area contributed by atoms with Crippen LogP contribution in [-0.4, -0.2) is 48.7 Å². The van der Waals surface area contributed by atoms with Crippen molar-refractivity contribution in [1.82, 2.24) is 14.8 Å². The van der Waals surface area contributed by atoms with Crippen LogP contribution in [0.15, 0.2) is 24.4 Å². The number of aromatic nitrogens is 1. The lowest BCUT2D eigenvalue weighted by Crippen LogP contribution is -2.43. The van der Waals surface area contributed by atoms with Gasteiger partial charge in [-0.1, -0.05) is 17.7 Å². The second-order valence-corrected chi connectivity index (χ2v) is 6.43. The molecule has 0 unspecified atom stereocenters. The van der Waals surface area contributed by atoms with Gasteiger partial charge in [0, 0.05) is 61.4 Å². The Labute approximate surface area is 137 Å². The van der Waals surface area contributed by atoms with E-state index in [4.69, 9.17) is 17.3 Å². The molecule has 1 aromatic heterocycles. The SMILES string of the molecule is NCCn1cc(CCCN2CCNCC2)c2ccc(Cl)cc21. The van der Waals surface area contributed by atoms with Crippen molar-refractivity contribution in [2.24, 2.45) is 5.73 Å². The number of nitrogens with two attached hydrogens (primary N) is 1. The summed E-state index contributed by atoms with van der Waals surface area (Å²) < 4.78 is 2.24. The summed E-state index contributed by atoms with van der Waals surface area (Å²) in [5.41, 5.74) is 8.35. The van der Waals surface area contributed by atoms with Gasteiger partial charge in [0.15, 0.2) is 0 Å². The van der Waals surface area contributed by atoms with Crippen LogP contribution < -0.4 is 11.1 Å². The Kier molecular flexibility index (Phi) is 5.37. The molecule has 1 aliphatic heterocycles. The predicted molar refractivity (Wildman–Crippen MR) is 93.6 cm³/mol. The van der Waals surface area contributed by atoms with Crippen molar-refractivity contribution in [2.45, 2.75) is 19.4 Å². The van der Waals surface area contributed by atoms with Gasteiger partial charge in [-0.2, -0.15) is 0 Å². The van der Waals surface area contributed by atoms with E-state index in [9.17, 15) is 0 Å². The predicted octanol–water partition coefficient (Wildman–Crippen LogP) is 2.09. The third kappa shape index (κ3) is 3.63. The number of benzene rings is 1. The summed E-state index contributed by atoms with van der Waals surface area (Å²) in [5.74, 6) is 0. The quantitative estimate of drug-likeness (QED) is 0.857. The Morgan fingerprint density at radius 2 is 2.00 bits per heavy atom. The largest absolute Gasteiger partial charge is 0.346 e. The van der Waals surface area contributed by atoms with Gasteiger partial charge >= 0.3 is 0 Å². The van der Waals surface area contributed by atoms with E-state index in [0.717, 1.165) is 31.1 Å². The minimum absolute atomic E-state index is 0.649. The average molecular weight is 321 g/mol. The molecule has 2 aromatic rings. The fourth-order valence-corrected chi connectivity index (χ4v) is 3.46. The molecule has 22 heavy (non-hydrogen) atoms. The number of rotatable bonds is 6. The number of halogens is 1. The van der Waals surface area contributed by atoms with Crippen molar-refractivity contribution < 1.29 is 0 Å². The van der Waals surface area contributed by atoms with Crippen LogP contribution >= 0.6 is 11.6 Å². The summed E-state index contributed by atoms with van der Waals surface area (Å²) in [7, 11) is 0. The molecule has 2 heterocycles. The summed E-state index contributed by atoms with van der Waals surface area (Å²) in [6.07, 6.45) is 4.57. The van der Waals surface area contributed by atoms with E-state index in [0.29, 0.717) is 6.54 Å². The minimum Gasteiger partial charge on any atom is -0.346 e. The zero-order valence-corrected chi connectivity index (χ0v) is 13.8. The van der Waals surface area contributed by atoms with Crippen molar-refractivity contribution in [3.05, 3.63) is 35.0 Å². The molecule has 1 fully saturated rings. The third-order valence-electron chi connectivity index (χ3n) is 4.43. The molecule has 0 aliphatic carbocycles. The molecule has 0 radical (unpaired) electrons. The molecule has 0 saturated carbocycles. The summed E-state index contributed by atoms with van der Waals surface area (Å²) in [6, 6.07) is 6.17. The molecule has 120 valence electrons.